The smallest absolute Gasteiger partial charge is 0.267 e. The second kappa shape index (κ2) is 8.62. The molecule has 0 saturated heterocycles. The number of aromatic nitrogens is 5. The van der Waals surface area contributed by atoms with Gasteiger partial charge in [-0.2, -0.15) is 20.5 Å². The van der Waals surface area contributed by atoms with Crippen LogP contribution in [0.3, 0.4) is 0 Å². The Morgan fingerprint density at radius 2 is 1.58 bits per heavy atom. The van der Waals surface area contributed by atoms with Gasteiger partial charge < -0.3 is 0 Å². The van der Waals surface area contributed by atoms with E-state index in [9.17, 15) is 9.59 Å². The van der Waals surface area contributed by atoms with Crippen molar-refractivity contribution >= 4 is 11.8 Å². The predicted octanol–water partition coefficient (Wildman–Crippen LogP) is 2.41. The SMILES string of the molecule is Cc1ccc(Cn2cc(C(=O)NNC(=O)c3cn[nH]n3)c(-c3ccc(C)cc3)n2)cc1. The summed E-state index contributed by atoms with van der Waals surface area (Å²) in [4.78, 5) is 24.9. The van der Waals surface area contributed by atoms with Crippen LogP contribution in [0.5, 0.6) is 0 Å². The van der Waals surface area contributed by atoms with E-state index < -0.39 is 11.8 Å². The first-order chi connectivity index (χ1) is 15.0. The molecule has 0 radical (unpaired) electrons. The standard InChI is InChI=1S/C22H21N7O2/c1-14-3-7-16(8-4-14)12-29-13-18(20(27-29)17-9-5-15(2)6-10-17)21(30)25-26-22(31)19-11-23-28-24-19/h3-11,13H,12H2,1-2H3,(H,25,30)(H,26,31)(H,23,24,28). The molecule has 156 valence electrons. The minimum Gasteiger partial charge on any atom is -0.267 e. The Morgan fingerprint density at radius 3 is 2.23 bits per heavy atom. The first-order valence-electron chi connectivity index (χ1n) is 9.66. The molecule has 9 nitrogen and oxygen atoms in total. The van der Waals surface area contributed by atoms with E-state index in [1.165, 1.54) is 11.8 Å². The average Bonchev–Trinajstić information content (AvgIpc) is 3.44. The largest absolute Gasteiger partial charge is 0.291 e. The maximum atomic E-state index is 12.9. The summed E-state index contributed by atoms with van der Waals surface area (Å²) < 4.78 is 1.72. The second-order valence-corrected chi connectivity index (χ2v) is 7.20. The summed E-state index contributed by atoms with van der Waals surface area (Å²) in [6, 6.07) is 15.9. The third-order valence-corrected chi connectivity index (χ3v) is 4.73. The number of H-pyrrole nitrogens is 1. The highest BCUT2D eigenvalue weighted by Crippen LogP contribution is 2.23. The lowest BCUT2D eigenvalue weighted by Gasteiger charge is -2.06. The number of carbonyl (C=O) groups is 2. The molecule has 0 bridgehead atoms. The van der Waals surface area contributed by atoms with Gasteiger partial charge in [-0.15, -0.1) is 0 Å². The van der Waals surface area contributed by atoms with E-state index in [1.807, 2.05) is 62.4 Å². The van der Waals surface area contributed by atoms with Crippen molar-refractivity contribution in [2.24, 2.45) is 0 Å². The lowest BCUT2D eigenvalue weighted by molar-refractivity contribution is 0.0844. The number of rotatable bonds is 5. The van der Waals surface area contributed by atoms with Crippen LogP contribution in [0.15, 0.2) is 60.9 Å². The van der Waals surface area contributed by atoms with Crippen LogP contribution in [0.2, 0.25) is 0 Å². The van der Waals surface area contributed by atoms with Crippen LogP contribution in [0.4, 0.5) is 0 Å². The molecule has 0 aliphatic heterocycles. The lowest BCUT2D eigenvalue weighted by atomic mass is 10.1. The average molecular weight is 415 g/mol. The van der Waals surface area contributed by atoms with Gasteiger partial charge in [0.2, 0.25) is 0 Å². The van der Waals surface area contributed by atoms with E-state index in [1.54, 1.807) is 10.9 Å². The number of hydrazine groups is 1. The van der Waals surface area contributed by atoms with Gasteiger partial charge in [-0.05, 0) is 19.4 Å². The zero-order chi connectivity index (χ0) is 21.8. The lowest BCUT2D eigenvalue weighted by Crippen LogP contribution is -2.41. The van der Waals surface area contributed by atoms with E-state index in [2.05, 4.69) is 31.4 Å². The Bertz CT molecular complexity index is 1190. The highest BCUT2D eigenvalue weighted by Gasteiger charge is 2.19. The number of aromatic amines is 1. The van der Waals surface area contributed by atoms with Crippen molar-refractivity contribution in [3.8, 4) is 11.3 Å². The van der Waals surface area contributed by atoms with Gasteiger partial charge in [-0.25, -0.2) is 0 Å². The topological polar surface area (TPSA) is 118 Å². The van der Waals surface area contributed by atoms with Crippen LogP contribution in [-0.4, -0.2) is 37.0 Å². The number of amides is 2. The zero-order valence-corrected chi connectivity index (χ0v) is 17.1. The van der Waals surface area contributed by atoms with Crippen molar-refractivity contribution in [1.82, 2.24) is 36.0 Å². The summed E-state index contributed by atoms with van der Waals surface area (Å²) in [5.74, 6) is -1.06. The molecule has 0 saturated carbocycles. The Kier molecular flexibility index (Phi) is 5.57. The van der Waals surface area contributed by atoms with E-state index in [0.717, 1.165) is 16.7 Å². The Balaban J connectivity index is 1.59. The van der Waals surface area contributed by atoms with Gasteiger partial charge in [0, 0.05) is 11.8 Å². The van der Waals surface area contributed by atoms with Crippen molar-refractivity contribution < 1.29 is 9.59 Å². The number of nitrogens with zero attached hydrogens (tertiary/aromatic N) is 4. The van der Waals surface area contributed by atoms with E-state index in [-0.39, 0.29) is 5.69 Å². The summed E-state index contributed by atoms with van der Waals surface area (Å²) in [6.07, 6.45) is 2.94. The predicted molar refractivity (Wildman–Crippen MR) is 114 cm³/mol. The molecule has 2 aromatic carbocycles. The van der Waals surface area contributed by atoms with Crippen molar-refractivity contribution in [2.45, 2.75) is 20.4 Å². The molecule has 4 aromatic rings. The minimum absolute atomic E-state index is 0.0640. The van der Waals surface area contributed by atoms with Crippen LogP contribution in [0.1, 0.15) is 37.5 Å². The second-order valence-electron chi connectivity index (χ2n) is 7.20. The molecular formula is C22H21N7O2. The number of hydrogen-bond acceptors (Lipinski definition) is 5. The molecule has 0 atom stereocenters. The summed E-state index contributed by atoms with van der Waals surface area (Å²) in [5, 5.41) is 14.2. The van der Waals surface area contributed by atoms with Gasteiger partial charge in [0.15, 0.2) is 5.69 Å². The highest BCUT2D eigenvalue weighted by atomic mass is 16.2. The number of aryl methyl sites for hydroxylation is 2. The summed E-state index contributed by atoms with van der Waals surface area (Å²) in [6.45, 7) is 4.54. The molecule has 31 heavy (non-hydrogen) atoms. The molecule has 9 heteroatoms. The van der Waals surface area contributed by atoms with Gasteiger partial charge in [-0.1, -0.05) is 59.7 Å². The quantitative estimate of drug-likeness (QED) is 0.433. The highest BCUT2D eigenvalue weighted by molar-refractivity contribution is 6.01. The Labute approximate surface area is 178 Å². The summed E-state index contributed by atoms with van der Waals surface area (Å²) in [7, 11) is 0. The van der Waals surface area contributed by atoms with E-state index in [0.29, 0.717) is 17.8 Å². The first-order valence-corrected chi connectivity index (χ1v) is 9.66. The molecular weight excluding hydrogens is 394 g/mol. The van der Waals surface area contributed by atoms with Crippen LogP contribution in [-0.2, 0) is 6.54 Å². The molecule has 2 amide bonds. The maximum absolute atomic E-state index is 12.9. The first kappa shape index (κ1) is 20.0. The molecule has 2 heterocycles. The third kappa shape index (κ3) is 4.67. The van der Waals surface area contributed by atoms with Crippen molar-refractivity contribution in [1.29, 1.82) is 0 Å². The van der Waals surface area contributed by atoms with Crippen molar-refractivity contribution in [3.05, 3.63) is 88.9 Å². The fraction of sp³-hybridized carbons (Fsp3) is 0.136. The normalized spacial score (nSPS) is 10.6. The summed E-state index contributed by atoms with van der Waals surface area (Å²) >= 11 is 0. The molecule has 0 aliphatic rings. The van der Waals surface area contributed by atoms with Gasteiger partial charge in [0.25, 0.3) is 11.8 Å². The van der Waals surface area contributed by atoms with E-state index in [4.69, 9.17) is 0 Å². The van der Waals surface area contributed by atoms with Gasteiger partial charge in [-0.3, -0.25) is 25.1 Å². The number of benzene rings is 2. The summed E-state index contributed by atoms with van der Waals surface area (Å²) in [5.41, 5.74) is 9.84. The molecule has 0 spiro atoms. The molecule has 3 N–H and O–H groups in total. The molecule has 0 fully saturated rings. The molecule has 0 aliphatic carbocycles. The zero-order valence-electron chi connectivity index (χ0n) is 17.1. The Morgan fingerprint density at radius 1 is 0.935 bits per heavy atom. The van der Waals surface area contributed by atoms with Crippen molar-refractivity contribution in [2.75, 3.05) is 0 Å². The molecule has 4 rings (SSSR count). The van der Waals surface area contributed by atoms with Crippen molar-refractivity contribution in [3.63, 3.8) is 0 Å². The Hall–Kier alpha value is -4.27. The van der Waals surface area contributed by atoms with Crippen LogP contribution < -0.4 is 10.9 Å². The number of nitrogens with one attached hydrogen (secondary N) is 3. The third-order valence-electron chi connectivity index (χ3n) is 4.73. The molecule has 2 aromatic heterocycles. The fourth-order valence-electron chi connectivity index (χ4n) is 3.03. The monoisotopic (exact) mass is 415 g/mol. The molecule has 0 unspecified atom stereocenters. The van der Waals surface area contributed by atoms with Crippen LogP contribution >= 0.6 is 0 Å². The fourth-order valence-corrected chi connectivity index (χ4v) is 3.03. The van der Waals surface area contributed by atoms with Gasteiger partial charge in [0.1, 0.15) is 5.69 Å². The van der Waals surface area contributed by atoms with E-state index >= 15 is 0 Å². The van der Waals surface area contributed by atoms with Crippen LogP contribution in [0, 0.1) is 13.8 Å². The number of carbonyl (C=O) groups excluding carboxylic acids is 2. The maximum Gasteiger partial charge on any atom is 0.291 e. The number of hydrogen-bond donors (Lipinski definition) is 3. The minimum atomic E-state index is -0.578. The van der Waals surface area contributed by atoms with Gasteiger partial charge >= 0.3 is 0 Å². The van der Waals surface area contributed by atoms with Gasteiger partial charge in [0.05, 0.1) is 18.3 Å². The van der Waals surface area contributed by atoms with Crippen LogP contribution in [0.25, 0.3) is 11.3 Å².